The predicted molar refractivity (Wildman–Crippen MR) is 79.6 cm³/mol. The van der Waals surface area contributed by atoms with Crippen LogP contribution in [0.1, 0.15) is 33.0 Å². The highest BCUT2D eigenvalue weighted by Crippen LogP contribution is 2.20. The fraction of sp³-hybridized carbons (Fsp3) is 0.643. The largest absolute Gasteiger partial charge is 0.373 e. The third kappa shape index (κ3) is 3.45. The fourth-order valence-corrected chi connectivity index (χ4v) is 1.86. The number of ether oxygens (including phenoxy) is 1. The molecule has 0 fully saturated rings. The van der Waals surface area contributed by atoms with Crippen LogP contribution < -0.4 is 5.32 Å². The van der Waals surface area contributed by atoms with Crippen molar-refractivity contribution in [2.75, 3.05) is 19.0 Å². The van der Waals surface area contributed by atoms with Crippen molar-refractivity contribution in [1.82, 2.24) is 19.7 Å². The van der Waals surface area contributed by atoms with Crippen molar-refractivity contribution in [2.24, 2.45) is 12.5 Å². The maximum absolute atomic E-state index is 5.68. The summed E-state index contributed by atoms with van der Waals surface area (Å²) in [5.41, 5.74) is 1.10. The lowest BCUT2D eigenvalue weighted by Gasteiger charge is -2.17. The average Bonchev–Trinajstić information content (AvgIpc) is 2.75. The molecule has 2 rings (SSSR count). The number of aromatic nitrogens is 4. The van der Waals surface area contributed by atoms with E-state index in [1.807, 2.05) is 14.1 Å². The summed E-state index contributed by atoms with van der Waals surface area (Å²) in [4.78, 5) is 8.97. The van der Waals surface area contributed by atoms with Crippen LogP contribution in [-0.4, -0.2) is 33.4 Å². The van der Waals surface area contributed by atoms with Crippen LogP contribution in [0.4, 0.5) is 5.82 Å². The minimum Gasteiger partial charge on any atom is -0.373 e. The summed E-state index contributed by atoms with van der Waals surface area (Å²) in [5.74, 6) is 1.47. The zero-order valence-corrected chi connectivity index (χ0v) is 12.9. The minimum absolute atomic E-state index is 0.281. The van der Waals surface area contributed by atoms with Crippen molar-refractivity contribution in [3.05, 3.63) is 12.0 Å². The van der Waals surface area contributed by atoms with Gasteiger partial charge in [0.15, 0.2) is 11.5 Å². The van der Waals surface area contributed by atoms with Crippen LogP contribution in [-0.2, 0) is 18.4 Å². The molecular formula is C14H23N5O. The molecule has 20 heavy (non-hydrogen) atoms. The molecule has 2 aromatic rings. The van der Waals surface area contributed by atoms with Crippen LogP contribution in [0.15, 0.2) is 6.20 Å². The molecule has 0 atom stereocenters. The van der Waals surface area contributed by atoms with E-state index in [-0.39, 0.29) is 5.41 Å². The van der Waals surface area contributed by atoms with Gasteiger partial charge in [-0.2, -0.15) is 5.10 Å². The molecule has 0 aliphatic rings. The molecule has 0 aliphatic carbocycles. The zero-order valence-electron chi connectivity index (χ0n) is 12.9. The second kappa shape index (κ2) is 5.75. The lowest BCUT2D eigenvalue weighted by atomic mass is 9.93. The Morgan fingerprint density at radius 1 is 1.30 bits per heavy atom. The van der Waals surface area contributed by atoms with Crippen molar-refractivity contribution >= 4 is 16.9 Å². The van der Waals surface area contributed by atoms with Crippen molar-refractivity contribution < 1.29 is 4.74 Å². The van der Waals surface area contributed by atoms with E-state index in [1.54, 1.807) is 10.9 Å². The molecule has 0 spiro atoms. The number of rotatable bonds is 5. The highest BCUT2D eigenvalue weighted by atomic mass is 16.5. The van der Waals surface area contributed by atoms with Crippen LogP contribution in [0.2, 0.25) is 0 Å². The smallest absolute Gasteiger partial charge is 0.163 e. The molecule has 1 N–H and O–H groups in total. The van der Waals surface area contributed by atoms with Gasteiger partial charge in [0.25, 0.3) is 0 Å². The summed E-state index contributed by atoms with van der Waals surface area (Å²) >= 11 is 0. The standard InChI is InChI=1S/C14H23N5O/c1-14(2,3)6-7-20-9-11-17-12(15-4)10-8-16-19(5)13(10)18-11/h8H,6-7,9H2,1-5H3,(H,15,17,18). The van der Waals surface area contributed by atoms with E-state index in [0.29, 0.717) is 19.0 Å². The van der Waals surface area contributed by atoms with E-state index in [9.17, 15) is 0 Å². The van der Waals surface area contributed by atoms with Crippen molar-refractivity contribution in [1.29, 1.82) is 0 Å². The quantitative estimate of drug-likeness (QED) is 0.850. The number of hydrogen-bond acceptors (Lipinski definition) is 5. The van der Waals surface area contributed by atoms with Gasteiger partial charge in [-0.1, -0.05) is 20.8 Å². The number of nitrogens with one attached hydrogen (secondary N) is 1. The van der Waals surface area contributed by atoms with Gasteiger partial charge in [-0.3, -0.25) is 4.68 Å². The van der Waals surface area contributed by atoms with E-state index >= 15 is 0 Å². The van der Waals surface area contributed by atoms with E-state index < -0.39 is 0 Å². The molecule has 2 aromatic heterocycles. The van der Waals surface area contributed by atoms with Gasteiger partial charge in [0.1, 0.15) is 12.4 Å². The Morgan fingerprint density at radius 2 is 2.05 bits per heavy atom. The van der Waals surface area contributed by atoms with Crippen LogP contribution >= 0.6 is 0 Å². The van der Waals surface area contributed by atoms with Gasteiger partial charge in [-0.05, 0) is 11.8 Å². The third-order valence-electron chi connectivity index (χ3n) is 3.10. The molecule has 0 aromatic carbocycles. The summed E-state index contributed by atoms with van der Waals surface area (Å²) in [5, 5.41) is 8.21. The molecular weight excluding hydrogens is 254 g/mol. The van der Waals surface area contributed by atoms with E-state index in [1.165, 1.54) is 0 Å². The molecule has 2 heterocycles. The summed E-state index contributed by atoms with van der Waals surface area (Å²) in [7, 11) is 3.72. The SMILES string of the molecule is CNc1nc(COCCC(C)(C)C)nc2c1cnn2C. The van der Waals surface area contributed by atoms with Crippen LogP contribution in [0.25, 0.3) is 11.0 Å². The Balaban J connectivity index is 2.08. The maximum atomic E-state index is 5.68. The average molecular weight is 277 g/mol. The van der Waals surface area contributed by atoms with Gasteiger partial charge >= 0.3 is 0 Å². The number of fused-ring (bicyclic) bond motifs is 1. The van der Waals surface area contributed by atoms with Crippen LogP contribution in [0.5, 0.6) is 0 Å². The Morgan fingerprint density at radius 3 is 2.70 bits per heavy atom. The van der Waals surface area contributed by atoms with Crippen molar-refractivity contribution in [3.63, 3.8) is 0 Å². The highest BCUT2D eigenvalue weighted by molar-refractivity contribution is 5.86. The second-order valence-electron chi connectivity index (χ2n) is 6.11. The number of aryl methyl sites for hydroxylation is 1. The molecule has 110 valence electrons. The molecule has 0 saturated heterocycles. The van der Waals surface area contributed by atoms with Crippen molar-refractivity contribution in [3.8, 4) is 0 Å². The minimum atomic E-state index is 0.281. The lowest BCUT2D eigenvalue weighted by Crippen LogP contribution is -2.11. The Bertz CT molecular complexity index is 585. The molecule has 6 heteroatoms. The summed E-state index contributed by atoms with van der Waals surface area (Å²) in [6, 6.07) is 0. The Kier molecular flexibility index (Phi) is 4.23. The molecule has 0 bridgehead atoms. The van der Waals surface area contributed by atoms with Gasteiger partial charge in [0, 0.05) is 20.7 Å². The zero-order chi connectivity index (χ0) is 14.8. The normalized spacial score (nSPS) is 12.1. The highest BCUT2D eigenvalue weighted by Gasteiger charge is 2.12. The van der Waals surface area contributed by atoms with E-state index in [4.69, 9.17) is 4.74 Å². The monoisotopic (exact) mass is 277 g/mol. The molecule has 0 radical (unpaired) electrons. The first-order valence-electron chi connectivity index (χ1n) is 6.85. The lowest BCUT2D eigenvalue weighted by molar-refractivity contribution is 0.0919. The first kappa shape index (κ1) is 14.7. The third-order valence-corrected chi connectivity index (χ3v) is 3.10. The molecule has 0 saturated carbocycles. The maximum Gasteiger partial charge on any atom is 0.163 e. The first-order valence-corrected chi connectivity index (χ1v) is 6.85. The topological polar surface area (TPSA) is 64.9 Å². The first-order chi connectivity index (χ1) is 9.40. The van der Waals surface area contributed by atoms with Crippen LogP contribution in [0, 0.1) is 5.41 Å². The number of nitrogens with zero attached hydrogens (tertiary/aromatic N) is 4. The van der Waals surface area contributed by atoms with Crippen LogP contribution in [0.3, 0.4) is 0 Å². The van der Waals surface area contributed by atoms with E-state index in [2.05, 4.69) is 41.2 Å². The summed E-state index contributed by atoms with van der Waals surface area (Å²) < 4.78 is 7.42. The molecule has 0 amide bonds. The number of anilines is 1. The van der Waals surface area contributed by atoms with Crippen molar-refractivity contribution in [2.45, 2.75) is 33.8 Å². The van der Waals surface area contributed by atoms with Gasteiger partial charge in [0.05, 0.1) is 11.6 Å². The van der Waals surface area contributed by atoms with Gasteiger partial charge < -0.3 is 10.1 Å². The number of hydrogen-bond donors (Lipinski definition) is 1. The molecule has 0 aliphatic heterocycles. The Hall–Kier alpha value is -1.69. The van der Waals surface area contributed by atoms with Gasteiger partial charge in [-0.25, -0.2) is 9.97 Å². The second-order valence-corrected chi connectivity index (χ2v) is 6.11. The molecule has 6 nitrogen and oxygen atoms in total. The van der Waals surface area contributed by atoms with Gasteiger partial charge in [0.2, 0.25) is 0 Å². The van der Waals surface area contributed by atoms with Gasteiger partial charge in [-0.15, -0.1) is 0 Å². The molecule has 0 unspecified atom stereocenters. The predicted octanol–water partition coefficient (Wildman–Crippen LogP) is 2.36. The van der Waals surface area contributed by atoms with E-state index in [0.717, 1.165) is 23.3 Å². The summed E-state index contributed by atoms with van der Waals surface area (Å²) in [6.07, 6.45) is 2.78. The fourth-order valence-electron chi connectivity index (χ4n) is 1.86. The summed E-state index contributed by atoms with van der Waals surface area (Å²) in [6.45, 7) is 7.74. The Labute approximate surface area is 119 Å².